The van der Waals surface area contributed by atoms with Gasteiger partial charge in [-0.15, -0.1) is 11.3 Å². The molecule has 0 saturated heterocycles. The lowest BCUT2D eigenvalue weighted by molar-refractivity contribution is -0.137. The SMILES string of the molecule is O=C(O)CCCNC(=O)CSc1nc(CC(=O)O)cs1. The molecule has 0 aromatic carbocycles. The molecule has 9 heteroatoms. The normalized spacial score (nSPS) is 10.2. The molecule has 1 rings (SSSR count). The third kappa shape index (κ3) is 7.10. The van der Waals surface area contributed by atoms with Crippen LogP contribution >= 0.6 is 23.1 Å². The Bertz CT molecular complexity index is 489. The Labute approximate surface area is 123 Å². The van der Waals surface area contributed by atoms with E-state index in [-0.39, 0.29) is 24.5 Å². The van der Waals surface area contributed by atoms with Crippen LogP contribution in [-0.4, -0.2) is 45.3 Å². The third-order valence-corrected chi connectivity index (χ3v) is 4.15. The summed E-state index contributed by atoms with van der Waals surface area (Å²) in [4.78, 5) is 36.3. The van der Waals surface area contributed by atoms with Crippen molar-refractivity contribution in [2.24, 2.45) is 0 Å². The van der Waals surface area contributed by atoms with Crippen LogP contribution in [0.25, 0.3) is 0 Å². The van der Waals surface area contributed by atoms with Crippen molar-refractivity contribution in [2.75, 3.05) is 12.3 Å². The van der Waals surface area contributed by atoms with Crippen molar-refractivity contribution in [2.45, 2.75) is 23.6 Å². The second-order valence-corrected chi connectivity index (χ2v) is 5.89. The Hall–Kier alpha value is -1.61. The van der Waals surface area contributed by atoms with Gasteiger partial charge in [0.2, 0.25) is 5.91 Å². The highest BCUT2D eigenvalue weighted by Crippen LogP contribution is 2.22. The minimum absolute atomic E-state index is 0.0262. The quantitative estimate of drug-likeness (QED) is 0.456. The fraction of sp³-hybridized carbons (Fsp3) is 0.455. The maximum atomic E-state index is 11.4. The highest BCUT2D eigenvalue weighted by atomic mass is 32.2. The molecule has 1 aromatic rings. The first kappa shape index (κ1) is 16.4. The summed E-state index contributed by atoms with van der Waals surface area (Å²) in [6.07, 6.45) is 0.294. The molecular formula is C11H14N2O5S2. The topological polar surface area (TPSA) is 117 Å². The Morgan fingerprint density at radius 1 is 1.30 bits per heavy atom. The van der Waals surface area contributed by atoms with E-state index >= 15 is 0 Å². The predicted molar refractivity (Wildman–Crippen MR) is 74.1 cm³/mol. The first-order valence-electron chi connectivity index (χ1n) is 5.75. The van der Waals surface area contributed by atoms with Crippen molar-refractivity contribution in [3.8, 4) is 0 Å². The molecule has 20 heavy (non-hydrogen) atoms. The van der Waals surface area contributed by atoms with Gasteiger partial charge < -0.3 is 15.5 Å². The zero-order valence-electron chi connectivity index (χ0n) is 10.5. The van der Waals surface area contributed by atoms with Crippen LogP contribution in [0.15, 0.2) is 9.72 Å². The van der Waals surface area contributed by atoms with Crippen LogP contribution < -0.4 is 5.32 Å². The predicted octanol–water partition coefficient (Wildman–Crippen LogP) is 0.843. The number of carboxylic acids is 2. The lowest BCUT2D eigenvalue weighted by atomic mass is 10.3. The highest BCUT2D eigenvalue weighted by Gasteiger charge is 2.08. The van der Waals surface area contributed by atoms with Crippen LogP contribution in [0, 0.1) is 0 Å². The summed E-state index contributed by atoms with van der Waals surface area (Å²) in [6.45, 7) is 0.327. The van der Waals surface area contributed by atoms with Crippen molar-refractivity contribution in [1.29, 1.82) is 0 Å². The molecule has 0 radical (unpaired) electrons. The molecular weight excluding hydrogens is 304 g/mol. The summed E-state index contributed by atoms with van der Waals surface area (Å²) in [5.41, 5.74) is 0.479. The number of aromatic nitrogens is 1. The molecule has 3 N–H and O–H groups in total. The van der Waals surface area contributed by atoms with Gasteiger partial charge in [-0.2, -0.15) is 0 Å². The standard InChI is InChI=1S/C11H14N2O5S2/c14-8(12-3-1-2-9(15)16)6-20-11-13-7(5-19-11)4-10(17)18/h5H,1-4,6H2,(H,12,14)(H,15,16)(H,17,18). The molecule has 1 heterocycles. The maximum absolute atomic E-state index is 11.4. The van der Waals surface area contributed by atoms with Gasteiger partial charge in [0, 0.05) is 18.3 Å². The van der Waals surface area contributed by atoms with Crippen LogP contribution in [0.3, 0.4) is 0 Å². The lowest BCUT2D eigenvalue weighted by Crippen LogP contribution is -2.26. The summed E-state index contributed by atoms with van der Waals surface area (Å²) in [6, 6.07) is 0. The van der Waals surface area contributed by atoms with Gasteiger partial charge in [-0.05, 0) is 6.42 Å². The Morgan fingerprint density at radius 2 is 2.05 bits per heavy atom. The van der Waals surface area contributed by atoms with Crippen LogP contribution in [-0.2, 0) is 20.8 Å². The fourth-order valence-corrected chi connectivity index (χ4v) is 2.91. The van der Waals surface area contributed by atoms with E-state index in [1.54, 1.807) is 5.38 Å². The summed E-state index contributed by atoms with van der Waals surface area (Å²) >= 11 is 2.52. The van der Waals surface area contributed by atoms with E-state index in [1.807, 2.05) is 0 Å². The Balaban J connectivity index is 2.22. The number of carboxylic acid groups (broad SMARTS) is 2. The minimum atomic E-state index is -0.942. The lowest BCUT2D eigenvalue weighted by Gasteiger charge is -2.02. The van der Waals surface area contributed by atoms with Gasteiger partial charge in [0.1, 0.15) is 0 Å². The van der Waals surface area contributed by atoms with E-state index in [2.05, 4.69) is 10.3 Å². The molecule has 1 amide bonds. The molecule has 0 saturated carbocycles. The van der Waals surface area contributed by atoms with Crippen molar-refractivity contribution >= 4 is 40.9 Å². The van der Waals surface area contributed by atoms with Gasteiger partial charge in [0.15, 0.2) is 4.34 Å². The molecule has 0 bridgehead atoms. The van der Waals surface area contributed by atoms with Gasteiger partial charge in [-0.1, -0.05) is 11.8 Å². The molecule has 0 fully saturated rings. The fourth-order valence-electron chi connectivity index (χ4n) is 1.24. The maximum Gasteiger partial charge on any atom is 0.309 e. The molecule has 0 aliphatic carbocycles. The van der Waals surface area contributed by atoms with Gasteiger partial charge in [-0.3, -0.25) is 14.4 Å². The van der Waals surface area contributed by atoms with E-state index < -0.39 is 11.9 Å². The van der Waals surface area contributed by atoms with E-state index in [0.29, 0.717) is 23.0 Å². The zero-order valence-corrected chi connectivity index (χ0v) is 12.1. The first-order valence-corrected chi connectivity index (χ1v) is 7.61. The number of rotatable bonds is 9. The second kappa shape index (κ2) is 8.54. The summed E-state index contributed by atoms with van der Waals surface area (Å²) in [5, 5.41) is 21.3. The average Bonchev–Trinajstić information content (AvgIpc) is 2.78. The molecule has 0 atom stereocenters. The number of carbonyl (C=O) groups is 3. The van der Waals surface area contributed by atoms with Gasteiger partial charge in [-0.25, -0.2) is 4.98 Å². The average molecular weight is 318 g/mol. The summed E-state index contributed by atoms with van der Waals surface area (Å²) < 4.78 is 0.641. The third-order valence-electron chi connectivity index (χ3n) is 2.08. The Kier molecular flexibility index (Phi) is 7.02. The number of nitrogens with zero attached hydrogens (tertiary/aromatic N) is 1. The molecule has 0 aliphatic rings. The number of thiazole rings is 1. The van der Waals surface area contributed by atoms with E-state index in [1.165, 1.54) is 23.1 Å². The van der Waals surface area contributed by atoms with Crippen LogP contribution in [0.5, 0.6) is 0 Å². The largest absolute Gasteiger partial charge is 0.481 e. The molecule has 0 spiro atoms. The van der Waals surface area contributed by atoms with Crippen LogP contribution in [0.1, 0.15) is 18.5 Å². The number of hydrogen-bond donors (Lipinski definition) is 3. The van der Waals surface area contributed by atoms with Gasteiger partial charge in [0.25, 0.3) is 0 Å². The molecule has 0 unspecified atom stereocenters. The number of aliphatic carboxylic acids is 2. The molecule has 1 aromatic heterocycles. The van der Waals surface area contributed by atoms with Crippen molar-refractivity contribution in [3.63, 3.8) is 0 Å². The van der Waals surface area contributed by atoms with Crippen molar-refractivity contribution in [3.05, 3.63) is 11.1 Å². The van der Waals surface area contributed by atoms with Crippen molar-refractivity contribution in [1.82, 2.24) is 10.3 Å². The number of hydrogen-bond acceptors (Lipinski definition) is 6. The zero-order chi connectivity index (χ0) is 15.0. The summed E-state index contributed by atoms with van der Waals surface area (Å²) in [5.74, 6) is -1.85. The highest BCUT2D eigenvalue weighted by molar-refractivity contribution is 8.01. The minimum Gasteiger partial charge on any atom is -0.481 e. The molecule has 7 nitrogen and oxygen atoms in total. The molecule has 110 valence electrons. The van der Waals surface area contributed by atoms with E-state index in [0.717, 1.165) is 0 Å². The number of nitrogens with one attached hydrogen (secondary N) is 1. The smallest absolute Gasteiger partial charge is 0.309 e. The molecule has 0 aliphatic heterocycles. The van der Waals surface area contributed by atoms with Gasteiger partial charge >= 0.3 is 11.9 Å². The summed E-state index contributed by atoms with van der Waals surface area (Å²) in [7, 11) is 0. The van der Waals surface area contributed by atoms with Crippen LogP contribution in [0.2, 0.25) is 0 Å². The Morgan fingerprint density at radius 3 is 2.70 bits per heavy atom. The van der Waals surface area contributed by atoms with Crippen molar-refractivity contribution < 1.29 is 24.6 Å². The van der Waals surface area contributed by atoms with E-state index in [9.17, 15) is 14.4 Å². The second-order valence-electron chi connectivity index (χ2n) is 3.81. The number of thioether (sulfide) groups is 1. The first-order chi connectivity index (χ1) is 9.47. The monoisotopic (exact) mass is 318 g/mol. The van der Waals surface area contributed by atoms with Crippen LogP contribution in [0.4, 0.5) is 0 Å². The number of amides is 1. The van der Waals surface area contributed by atoms with Gasteiger partial charge in [0.05, 0.1) is 17.9 Å². The van der Waals surface area contributed by atoms with E-state index in [4.69, 9.17) is 10.2 Å². The number of carbonyl (C=O) groups excluding carboxylic acids is 1.